The number of nitrogens with zero attached hydrogens (tertiary/aromatic N) is 6. The van der Waals surface area contributed by atoms with Crippen molar-refractivity contribution in [2.75, 3.05) is 49.3 Å². The molecule has 3 N–H and O–H groups in total. The molecule has 0 radical (unpaired) electrons. The number of H-pyrrole nitrogens is 1. The molecule has 37 heavy (non-hydrogen) atoms. The van der Waals surface area contributed by atoms with Gasteiger partial charge in [0.25, 0.3) is 0 Å². The van der Waals surface area contributed by atoms with E-state index in [-0.39, 0.29) is 17.6 Å². The van der Waals surface area contributed by atoms with Crippen LogP contribution in [0.4, 0.5) is 17.3 Å². The second kappa shape index (κ2) is 9.04. The van der Waals surface area contributed by atoms with E-state index < -0.39 is 0 Å². The fourth-order valence-electron chi connectivity index (χ4n) is 6.38. The Bertz CT molecular complexity index is 1350. The molecular formula is C27H34N8O2. The van der Waals surface area contributed by atoms with Crippen molar-refractivity contribution in [1.82, 2.24) is 25.1 Å². The molecule has 0 aromatic carbocycles. The second-order valence-corrected chi connectivity index (χ2v) is 10.8. The Morgan fingerprint density at radius 3 is 2.81 bits per heavy atom. The summed E-state index contributed by atoms with van der Waals surface area (Å²) in [6, 6.07) is 4.40. The zero-order valence-electron chi connectivity index (χ0n) is 21.3. The Labute approximate surface area is 216 Å². The second-order valence-electron chi connectivity index (χ2n) is 10.8. The highest BCUT2D eigenvalue weighted by Crippen LogP contribution is 2.42. The first kappa shape index (κ1) is 23.1. The Morgan fingerprint density at radius 1 is 1.14 bits per heavy atom. The van der Waals surface area contributed by atoms with Crippen LogP contribution >= 0.6 is 0 Å². The molecule has 3 aromatic heterocycles. The van der Waals surface area contributed by atoms with Gasteiger partial charge in [-0.1, -0.05) is 6.08 Å². The molecule has 2 atom stereocenters. The van der Waals surface area contributed by atoms with Crippen LogP contribution in [0.1, 0.15) is 44.0 Å². The molecule has 0 amide bonds. The van der Waals surface area contributed by atoms with Gasteiger partial charge in [-0.25, -0.2) is 9.97 Å². The van der Waals surface area contributed by atoms with Gasteiger partial charge in [-0.05, 0) is 56.7 Å². The summed E-state index contributed by atoms with van der Waals surface area (Å²) in [4.78, 5) is 19.3. The maximum Gasteiger partial charge on any atom is 0.183 e. The average molecular weight is 503 g/mol. The van der Waals surface area contributed by atoms with Gasteiger partial charge in [0.2, 0.25) is 0 Å². The minimum atomic E-state index is 0.0887. The van der Waals surface area contributed by atoms with Crippen molar-refractivity contribution in [3.63, 3.8) is 0 Å². The Hall–Kier alpha value is -3.08. The van der Waals surface area contributed by atoms with Gasteiger partial charge in [0.15, 0.2) is 17.0 Å². The first-order valence-electron chi connectivity index (χ1n) is 13.5. The number of nitrogens with one attached hydrogen (secondary N) is 1. The number of hydrogen-bond acceptors (Lipinski definition) is 9. The molecule has 7 heterocycles. The number of hydrogen-bond donors (Lipinski definition) is 2. The normalized spacial score (nSPS) is 25.5. The lowest BCUT2D eigenvalue weighted by molar-refractivity contribution is 0.0974. The molecule has 3 aromatic rings. The summed E-state index contributed by atoms with van der Waals surface area (Å²) in [6.07, 6.45) is 9.08. The van der Waals surface area contributed by atoms with Crippen LogP contribution in [0.2, 0.25) is 0 Å². The van der Waals surface area contributed by atoms with Gasteiger partial charge in [-0.2, -0.15) is 5.10 Å². The van der Waals surface area contributed by atoms with Gasteiger partial charge in [0.05, 0.1) is 49.2 Å². The minimum Gasteiger partial charge on any atom is -0.377 e. The summed E-state index contributed by atoms with van der Waals surface area (Å²) in [5.41, 5.74) is 12.6. The summed E-state index contributed by atoms with van der Waals surface area (Å²) in [6.45, 7) is 6.96. The highest BCUT2D eigenvalue weighted by molar-refractivity contribution is 5.87. The van der Waals surface area contributed by atoms with Crippen LogP contribution in [0.25, 0.3) is 16.7 Å². The number of rotatable bonds is 3. The van der Waals surface area contributed by atoms with E-state index in [1.807, 2.05) is 6.20 Å². The highest BCUT2D eigenvalue weighted by atomic mass is 16.5. The Balaban J connectivity index is 1.13. The SMILES string of the molecule is C[C@@H]1OCC2(CCN(c3cnc4c(N5CCCc6nc(C7=CCOCC7)ccc65)n[nH]c4n3)CC2)[C@@H]1N. The fourth-order valence-corrected chi connectivity index (χ4v) is 6.38. The van der Waals surface area contributed by atoms with E-state index in [1.54, 1.807) is 0 Å². The van der Waals surface area contributed by atoms with Crippen LogP contribution in [0.15, 0.2) is 24.4 Å². The summed E-state index contributed by atoms with van der Waals surface area (Å²) in [5.74, 6) is 1.70. The summed E-state index contributed by atoms with van der Waals surface area (Å²) < 4.78 is 11.3. The van der Waals surface area contributed by atoms with Crippen LogP contribution in [-0.2, 0) is 15.9 Å². The monoisotopic (exact) mass is 502 g/mol. The van der Waals surface area contributed by atoms with Crippen molar-refractivity contribution in [3.05, 3.63) is 35.8 Å². The molecule has 7 rings (SSSR count). The molecule has 10 heteroatoms. The van der Waals surface area contributed by atoms with E-state index in [0.29, 0.717) is 12.3 Å². The zero-order valence-corrected chi connectivity index (χ0v) is 21.3. The third-order valence-corrected chi connectivity index (χ3v) is 8.75. The van der Waals surface area contributed by atoms with Gasteiger partial charge in [0, 0.05) is 31.1 Å². The lowest BCUT2D eigenvalue weighted by Gasteiger charge is -2.41. The predicted molar refractivity (Wildman–Crippen MR) is 142 cm³/mol. The van der Waals surface area contributed by atoms with Crippen molar-refractivity contribution in [2.45, 2.75) is 51.2 Å². The number of piperidine rings is 1. The molecule has 10 nitrogen and oxygen atoms in total. The molecule has 1 spiro atoms. The van der Waals surface area contributed by atoms with Crippen LogP contribution < -0.4 is 15.5 Å². The Morgan fingerprint density at radius 2 is 2.03 bits per heavy atom. The number of pyridine rings is 1. The lowest BCUT2D eigenvalue weighted by atomic mass is 9.73. The molecule has 0 aliphatic carbocycles. The molecule has 4 aliphatic heterocycles. The van der Waals surface area contributed by atoms with Crippen molar-refractivity contribution >= 4 is 34.1 Å². The van der Waals surface area contributed by atoms with Crippen molar-refractivity contribution < 1.29 is 9.47 Å². The van der Waals surface area contributed by atoms with E-state index >= 15 is 0 Å². The first-order valence-corrected chi connectivity index (χ1v) is 13.5. The lowest BCUT2D eigenvalue weighted by Crippen LogP contribution is -2.50. The van der Waals surface area contributed by atoms with Crippen LogP contribution in [-0.4, -0.2) is 76.8 Å². The van der Waals surface area contributed by atoms with Crippen molar-refractivity contribution in [2.24, 2.45) is 11.1 Å². The predicted octanol–water partition coefficient (Wildman–Crippen LogP) is 2.97. The molecule has 4 aliphatic rings. The van der Waals surface area contributed by atoms with Gasteiger partial charge in [0.1, 0.15) is 5.82 Å². The van der Waals surface area contributed by atoms with Gasteiger partial charge in [-0.15, -0.1) is 0 Å². The Kier molecular flexibility index (Phi) is 5.63. The number of aryl methyl sites for hydroxylation is 1. The third kappa shape index (κ3) is 3.89. The van der Waals surface area contributed by atoms with Crippen LogP contribution in [0.3, 0.4) is 0 Å². The van der Waals surface area contributed by atoms with Gasteiger partial charge >= 0.3 is 0 Å². The smallest absolute Gasteiger partial charge is 0.183 e. The zero-order chi connectivity index (χ0) is 25.0. The van der Waals surface area contributed by atoms with E-state index in [2.05, 4.69) is 45.1 Å². The van der Waals surface area contributed by atoms with E-state index in [1.165, 1.54) is 5.57 Å². The molecule has 194 valence electrons. The number of ether oxygens (including phenoxy) is 2. The minimum absolute atomic E-state index is 0.0887. The highest BCUT2D eigenvalue weighted by Gasteiger charge is 2.47. The van der Waals surface area contributed by atoms with E-state index in [4.69, 9.17) is 30.2 Å². The standard InChI is InChI=1S/C27H34N8O2/c1-17-24(28)27(16-37-17)8-11-34(12-9-27)22-15-29-23-25(31-22)32-33-26(23)35-10-2-3-20-21(35)5-4-19(30-20)18-6-13-36-14-7-18/h4-6,15,17,24H,2-3,7-14,16,28H2,1H3,(H,31,32,33)/t17-,24+/m0/s1. The first-order chi connectivity index (χ1) is 18.1. The summed E-state index contributed by atoms with van der Waals surface area (Å²) in [7, 11) is 0. The van der Waals surface area contributed by atoms with Crippen LogP contribution in [0, 0.1) is 5.41 Å². The molecule has 0 unspecified atom stereocenters. The topological polar surface area (TPSA) is 118 Å². The van der Waals surface area contributed by atoms with Crippen molar-refractivity contribution in [3.8, 4) is 0 Å². The third-order valence-electron chi connectivity index (χ3n) is 8.75. The van der Waals surface area contributed by atoms with E-state index in [0.717, 1.165) is 99.2 Å². The van der Waals surface area contributed by atoms with Crippen LogP contribution in [0.5, 0.6) is 0 Å². The molecule has 2 saturated heterocycles. The molecule has 2 fully saturated rings. The molecule has 0 saturated carbocycles. The number of aromatic nitrogens is 5. The number of anilines is 3. The fraction of sp³-hybridized carbons (Fsp3) is 0.556. The van der Waals surface area contributed by atoms with E-state index in [9.17, 15) is 0 Å². The largest absolute Gasteiger partial charge is 0.377 e. The van der Waals surface area contributed by atoms with Gasteiger partial charge < -0.3 is 25.0 Å². The molecule has 0 bridgehead atoms. The number of nitrogens with two attached hydrogens (primary N) is 1. The van der Waals surface area contributed by atoms with Gasteiger partial charge in [-0.3, -0.25) is 10.1 Å². The van der Waals surface area contributed by atoms with Crippen molar-refractivity contribution in [1.29, 1.82) is 0 Å². The number of fused-ring (bicyclic) bond motifs is 2. The average Bonchev–Trinajstić information content (AvgIpc) is 3.50. The molecular weight excluding hydrogens is 468 g/mol. The maximum absolute atomic E-state index is 6.50. The summed E-state index contributed by atoms with van der Waals surface area (Å²) in [5, 5.41) is 7.81. The quantitative estimate of drug-likeness (QED) is 0.557. The summed E-state index contributed by atoms with van der Waals surface area (Å²) >= 11 is 0. The maximum atomic E-state index is 6.50. The number of aromatic amines is 1.